The van der Waals surface area contributed by atoms with E-state index in [0.717, 1.165) is 43.4 Å². The second kappa shape index (κ2) is 8.78. The molecule has 3 aliphatic rings. The van der Waals surface area contributed by atoms with Crippen LogP contribution in [0.25, 0.3) is 0 Å². The summed E-state index contributed by atoms with van der Waals surface area (Å²) in [5, 5.41) is 0. The Kier molecular flexibility index (Phi) is 7.27. The van der Waals surface area contributed by atoms with Gasteiger partial charge in [-0.25, -0.2) is 8.78 Å². The minimum atomic E-state index is -1.22. The molecule has 0 saturated heterocycles. The number of rotatable bonds is 3. The molecule has 3 fully saturated rings. The maximum Gasteiger partial charge on any atom is 0.134 e. The summed E-state index contributed by atoms with van der Waals surface area (Å²) < 4.78 is 28.5. The fourth-order valence-corrected chi connectivity index (χ4v) is 5.72. The molecule has 0 aromatic heterocycles. The van der Waals surface area contributed by atoms with E-state index in [0.29, 0.717) is 5.92 Å². The van der Waals surface area contributed by atoms with E-state index in [1.807, 2.05) is 6.92 Å². The van der Waals surface area contributed by atoms with Crippen LogP contribution >= 0.6 is 0 Å². The van der Waals surface area contributed by atoms with Gasteiger partial charge in [0.15, 0.2) is 0 Å². The quantitative estimate of drug-likeness (QED) is 0.547. The van der Waals surface area contributed by atoms with E-state index < -0.39 is 12.3 Å². The summed E-state index contributed by atoms with van der Waals surface area (Å²) in [5.41, 5.74) is 0. The van der Waals surface area contributed by atoms with Gasteiger partial charge in [-0.3, -0.25) is 0 Å². The van der Waals surface area contributed by atoms with Crippen molar-refractivity contribution in [1.82, 2.24) is 0 Å². The Morgan fingerprint density at radius 1 is 0.750 bits per heavy atom. The first kappa shape index (κ1) is 19.9. The predicted octanol–water partition coefficient (Wildman–Crippen LogP) is 6.17. The molecule has 0 heterocycles. The van der Waals surface area contributed by atoms with Gasteiger partial charge in [0.05, 0.1) is 0 Å². The molecule has 3 aliphatic carbocycles. The molecular formula is C21H40F2O. The van der Waals surface area contributed by atoms with E-state index in [-0.39, 0.29) is 20.2 Å². The summed E-state index contributed by atoms with van der Waals surface area (Å²) in [4.78, 5) is 0. The van der Waals surface area contributed by atoms with Crippen molar-refractivity contribution < 1.29 is 17.1 Å². The highest BCUT2D eigenvalue weighted by molar-refractivity contribution is 4.93. The zero-order valence-electron chi connectivity index (χ0n) is 15.2. The predicted molar refractivity (Wildman–Crippen MR) is 101 cm³/mol. The molecule has 1 nitrogen and oxygen atoms in total. The lowest BCUT2D eigenvalue weighted by molar-refractivity contribution is -0.00986. The highest BCUT2D eigenvalue weighted by Gasteiger charge is 2.43. The monoisotopic (exact) mass is 346 g/mol. The van der Waals surface area contributed by atoms with Gasteiger partial charge in [-0.1, -0.05) is 13.0 Å². The SMILES string of the molecule is C=CC1CCC(C2CCC(C3CCC(C)C(F)C3F)CC2)CC1.O.[HH].[HH]. The molecule has 4 atom stereocenters. The largest absolute Gasteiger partial charge is 0.412 e. The molecule has 0 amide bonds. The summed E-state index contributed by atoms with van der Waals surface area (Å²) in [7, 11) is 0. The highest BCUT2D eigenvalue weighted by atomic mass is 19.2. The number of allylic oxidation sites excluding steroid dienone is 1. The van der Waals surface area contributed by atoms with E-state index in [4.69, 9.17) is 0 Å². The molecule has 0 aliphatic heterocycles. The second-order valence-corrected chi connectivity index (χ2v) is 8.69. The lowest BCUT2D eigenvalue weighted by Crippen LogP contribution is -2.41. The number of hydrogen-bond donors (Lipinski definition) is 0. The van der Waals surface area contributed by atoms with Crippen molar-refractivity contribution in [2.45, 2.75) is 83.5 Å². The number of alkyl halides is 2. The van der Waals surface area contributed by atoms with E-state index in [2.05, 4.69) is 12.7 Å². The summed E-state index contributed by atoms with van der Waals surface area (Å²) in [6, 6.07) is 0. The Balaban J connectivity index is 0.00000208. The first-order valence-corrected chi connectivity index (χ1v) is 10.0. The average Bonchev–Trinajstić information content (AvgIpc) is 2.60. The van der Waals surface area contributed by atoms with Crippen LogP contribution in [0.3, 0.4) is 0 Å². The van der Waals surface area contributed by atoms with Crippen LogP contribution < -0.4 is 0 Å². The highest BCUT2D eigenvalue weighted by Crippen LogP contribution is 2.47. The fourth-order valence-electron chi connectivity index (χ4n) is 5.72. The van der Waals surface area contributed by atoms with Crippen molar-refractivity contribution in [2.75, 3.05) is 0 Å². The summed E-state index contributed by atoms with van der Waals surface area (Å²) in [6.45, 7) is 5.80. The maximum absolute atomic E-state index is 14.4. The van der Waals surface area contributed by atoms with Gasteiger partial charge in [-0.05, 0) is 99.7 Å². The molecule has 0 radical (unpaired) electrons. The Labute approximate surface area is 149 Å². The van der Waals surface area contributed by atoms with Crippen LogP contribution in [-0.4, -0.2) is 17.8 Å². The van der Waals surface area contributed by atoms with Gasteiger partial charge in [0.1, 0.15) is 12.3 Å². The van der Waals surface area contributed by atoms with Crippen molar-refractivity contribution in [3.63, 3.8) is 0 Å². The molecule has 144 valence electrons. The standard InChI is InChI=1S/C21H34F2.H2O.2H2/c1-3-15-5-7-16(8-6-15)17-9-11-18(12-10-17)19-13-4-14(2)20(22)21(19)23;;;/h3,14-21H,1,4-13H2,2H3;1H2;2*1H. The molecule has 3 rings (SSSR count). The molecule has 24 heavy (non-hydrogen) atoms. The molecule has 3 heteroatoms. The third kappa shape index (κ3) is 4.20. The van der Waals surface area contributed by atoms with Gasteiger partial charge in [-0.2, -0.15) is 0 Å². The Morgan fingerprint density at radius 3 is 1.79 bits per heavy atom. The van der Waals surface area contributed by atoms with Crippen molar-refractivity contribution >= 4 is 0 Å². The Morgan fingerprint density at radius 2 is 1.25 bits per heavy atom. The van der Waals surface area contributed by atoms with Crippen LogP contribution in [-0.2, 0) is 0 Å². The smallest absolute Gasteiger partial charge is 0.134 e. The van der Waals surface area contributed by atoms with E-state index >= 15 is 0 Å². The molecule has 2 N–H and O–H groups in total. The summed E-state index contributed by atoms with van der Waals surface area (Å²) in [6.07, 6.45) is 11.6. The van der Waals surface area contributed by atoms with Crippen molar-refractivity contribution in [2.24, 2.45) is 35.5 Å². The van der Waals surface area contributed by atoms with Gasteiger partial charge in [0, 0.05) is 2.85 Å². The Bertz CT molecular complexity index is 393. The normalized spacial score (nSPS) is 46.8. The van der Waals surface area contributed by atoms with Gasteiger partial charge in [-0.15, -0.1) is 6.58 Å². The van der Waals surface area contributed by atoms with Crippen molar-refractivity contribution in [3.05, 3.63) is 12.7 Å². The van der Waals surface area contributed by atoms with Crippen LogP contribution in [0.4, 0.5) is 8.78 Å². The lowest BCUT2D eigenvalue weighted by Gasteiger charge is -2.42. The number of halogens is 2. The van der Waals surface area contributed by atoms with Crippen molar-refractivity contribution in [1.29, 1.82) is 0 Å². The van der Waals surface area contributed by atoms with Gasteiger partial charge in [0.2, 0.25) is 0 Å². The average molecular weight is 347 g/mol. The van der Waals surface area contributed by atoms with Gasteiger partial charge < -0.3 is 5.48 Å². The first-order valence-electron chi connectivity index (χ1n) is 10.0. The zero-order valence-corrected chi connectivity index (χ0v) is 15.2. The van der Waals surface area contributed by atoms with Crippen molar-refractivity contribution in [3.8, 4) is 0 Å². The number of hydrogen-bond acceptors (Lipinski definition) is 0. The van der Waals surface area contributed by atoms with Crippen LogP contribution in [0.15, 0.2) is 12.7 Å². The molecule has 4 unspecified atom stereocenters. The fraction of sp³-hybridized carbons (Fsp3) is 0.905. The molecule has 0 bridgehead atoms. The lowest BCUT2D eigenvalue weighted by atomic mass is 9.64. The minimum Gasteiger partial charge on any atom is -0.412 e. The van der Waals surface area contributed by atoms with Crippen LogP contribution in [0, 0.1) is 35.5 Å². The van der Waals surface area contributed by atoms with Gasteiger partial charge in [0.25, 0.3) is 0 Å². The van der Waals surface area contributed by atoms with Crippen LogP contribution in [0.2, 0.25) is 0 Å². The molecule has 0 spiro atoms. The van der Waals surface area contributed by atoms with E-state index in [9.17, 15) is 8.78 Å². The van der Waals surface area contributed by atoms with Crippen LogP contribution in [0.5, 0.6) is 0 Å². The minimum absolute atomic E-state index is 0. The molecular weight excluding hydrogens is 306 g/mol. The summed E-state index contributed by atoms with van der Waals surface area (Å²) >= 11 is 0. The van der Waals surface area contributed by atoms with E-state index in [1.54, 1.807) is 0 Å². The summed E-state index contributed by atoms with van der Waals surface area (Å²) in [5.74, 6) is 2.82. The maximum atomic E-state index is 14.4. The molecule has 0 aromatic carbocycles. The van der Waals surface area contributed by atoms with Crippen LogP contribution in [0.1, 0.15) is 74.0 Å². The van der Waals surface area contributed by atoms with Gasteiger partial charge >= 0.3 is 0 Å². The topological polar surface area (TPSA) is 31.5 Å². The third-order valence-corrected chi connectivity index (χ3v) is 7.45. The van der Waals surface area contributed by atoms with E-state index in [1.165, 1.54) is 38.5 Å². The molecule has 3 saturated carbocycles. The first-order chi connectivity index (χ1) is 11.1. The molecule has 0 aromatic rings. The zero-order chi connectivity index (χ0) is 16.4. The third-order valence-electron chi connectivity index (χ3n) is 7.45. The Hall–Kier alpha value is -0.440. The second-order valence-electron chi connectivity index (χ2n) is 8.69.